The lowest BCUT2D eigenvalue weighted by atomic mass is 10.2. The van der Waals surface area contributed by atoms with Crippen molar-refractivity contribution < 1.29 is 18.5 Å². The number of piperazine rings is 1. The number of furan rings is 1. The molecule has 3 rings (SSSR count). The van der Waals surface area contributed by atoms with Gasteiger partial charge in [0.15, 0.2) is 5.76 Å². The first-order valence-electron chi connectivity index (χ1n) is 7.57. The molecule has 0 saturated carbocycles. The maximum absolute atomic E-state index is 11.8. The molecule has 2 aromatic rings. The van der Waals surface area contributed by atoms with E-state index in [1.807, 2.05) is 11.8 Å². The zero-order valence-corrected chi connectivity index (χ0v) is 13.3. The van der Waals surface area contributed by atoms with Gasteiger partial charge in [-0.2, -0.15) is 4.98 Å². The van der Waals surface area contributed by atoms with E-state index in [-0.39, 0.29) is 18.6 Å². The summed E-state index contributed by atoms with van der Waals surface area (Å²) in [5.74, 6) is 1.61. The molecule has 8 nitrogen and oxygen atoms in total. The van der Waals surface area contributed by atoms with Crippen molar-refractivity contribution in [3.8, 4) is 11.6 Å². The van der Waals surface area contributed by atoms with Gasteiger partial charge in [-0.3, -0.25) is 9.69 Å². The minimum atomic E-state index is -0.00844. The highest BCUT2D eigenvalue weighted by Crippen LogP contribution is 2.23. The number of aromatic nitrogens is 2. The Hall–Kier alpha value is -2.19. The number of nitrogens with zero attached hydrogens (tertiary/aromatic N) is 4. The number of rotatable bonds is 5. The quantitative estimate of drug-likeness (QED) is 0.817. The Morgan fingerprint density at radius 3 is 2.83 bits per heavy atom. The average molecular weight is 320 g/mol. The number of methoxy groups -OCH3 is 1. The molecule has 0 bridgehead atoms. The smallest absolute Gasteiger partial charge is 0.248 e. The molecular formula is C15H20N4O4. The van der Waals surface area contributed by atoms with Gasteiger partial charge < -0.3 is 18.6 Å². The molecule has 0 aliphatic carbocycles. The van der Waals surface area contributed by atoms with Gasteiger partial charge in [-0.1, -0.05) is 5.16 Å². The van der Waals surface area contributed by atoms with E-state index in [0.29, 0.717) is 30.6 Å². The van der Waals surface area contributed by atoms with Crippen LogP contribution < -0.4 is 0 Å². The number of ether oxygens (including phenoxy) is 1. The Balaban J connectivity index is 1.59. The van der Waals surface area contributed by atoms with E-state index in [4.69, 9.17) is 13.7 Å². The molecule has 0 aromatic carbocycles. The van der Waals surface area contributed by atoms with Crippen molar-refractivity contribution in [2.75, 3.05) is 39.9 Å². The van der Waals surface area contributed by atoms with Crippen LogP contribution in [-0.2, 0) is 9.53 Å². The minimum absolute atomic E-state index is 0.00844. The third kappa shape index (κ3) is 3.43. The first kappa shape index (κ1) is 15.7. The van der Waals surface area contributed by atoms with Gasteiger partial charge in [0.1, 0.15) is 6.61 Å². The van der Waals surface area contributed by atoms with Crippen LogP contribution in [-0.4, -0.2) is 65.7 Å². The van der Waals surface area contributed by atoms with Crippen LogP contribution in [0.15, 0.2) is 27.3 Å². The Morgan fingerprint density at radius 2 is 2.17 bits per heavy atom. The van der Waals surface area contributed by atoms with Crippen molar-refractivity contribution in [2.45, 2.75) is 13.0 Å². The second kappa shape index (κ2) is 6.93. The fourth-order valence-corrected chi connectivity index (χ4v) is 2.64. The highest BCUT2D eigenvalue weighted by atomic mass is 16.5. The highest BCUT2D eigenvalue weighted by Gasteiger charge is 2.27. The van der Waals surface area contributed by atoms with E-state index in [9.17, 15) is 4.79 Å². The highest BCUT2D eigenvalue weighted by molar-refractivity contribution is 5.77. The van der Waals surface area contributed by atoms with E-state index < -0.39 is 0 Å². The molecule has 1 amide bonds. The van der Waals surface area contributed by atoms with E-state index in [1.54, 1.807) is 18.4 Å². The largest absolute Gasteiger partial charge is 0.461 e. The fraction of sp³-hybridized carbons (Fsp3) is 0.533. The predicted octanol–water partition coefficient (Wildman–Crippen LogP) is 1.18. The van der Waals surface area contributed by atoms with Crippen molar-refractivity contribution in [1.29, 1.82) is 0 Å². The maximum atomic E-state index is 11.8. The molecule has 0 N–H and O–H groups in total. The zero-order valence-electron chi connectivity index (χ0n) is 13.3. The Morgan fingerprint density at radius 1 is 1.39 bits per heavy atom. The lowest BCUT2D eigenvalue weighted by Gasteiger charge is -2.36. The molecule has 8 heteroatoms. The van der Waals surface area contributed by atoms with Gasteiger partial charge in [-0.05, 0) is 19.1 Å². The first-order valence-corrected chi connectivity index (χ1v) is 7.57. The molecule has 3 heterocycles. The molecular weight excluding hydrogens is 300 g/mol. The topological polar surface area (TPSA) is 84.8 Å². The van der Waals surface area contributed by atoms with Gasteiger partial charge in [0.05, 0.1) is 12.3 Å². The van der Waals surface area contributed by atoms with Gasteiger partial charge in [0, 0.05) is 33.3 Å². The third-order valence-electron chi connectivity index (χ3n) is 4.02. The summed E-state index contributed by atoms with van der Waals surface area (Å²) >= 11 is 0. The molecule has 0 radical (unpaired) electrons. The molecule has 1 saturated heterocycles. The van der Waals surface area contributed by atoms with E-state index in [2.05, 4.69) is 15.0 Å². The van der Waals surface area contributed by atoms with Gasteiger partial charge in [-0.15, -0.1) is 0 Å². The summed E-state index contributed by atoms with van der Waals surface area (Å²) in [4.78, 5) is 20.2. The standard InChI is InChI=1S/C15H20N4O4/c1-11(15-16-14(17-23-15)12-4-3-9-22-12)18-5-7-19(8-6-18)13(20)10-21-2/h3-4,9,11H,5-8,10H2,1-2H3/t11-/m0/s1. The molecule has 1 aliphatic heterocycles. The van der Waals surface area contributed by atoms with Gasteiger partial charge in [0.25, 0.3) is 0 Å². The van der Waals surface area contributed by atoms with Crippen LogP contribution in [0.4, 0.5) is 0 Å². The molecule has 0 unspecified atom stereocenters. The van der Waals surface area contributed by atoms with Gasteiger partial charge in [-0.25, -0.2) is 0 Å². The van der Waals surface area contributed by atoms with Crippen LogP contribution in [0.3, 0.4) is 0 Å². The predicted molar refractivity (Wildman–Crippen MR) is 80.4 cm³/mol. The maximum Gasteiger partial charge on any atom is 0.248 e. The molecule has 1 atom stereocenters. The normalized spacial score (nSPS) is 17.4. The van der Waals surface area contributed by atoms with Crippen LogP contribution >= 0.6 is 0 Å². The minimum Gasteiger partial charge on any atom is -0.461 e. The molecule has 1 aliphatic rings. The monoisotopic (exact) mass is 320 g/mol. The Kier molecular flexibility index (Phi) is 4.73. The molecule has 124 valence electrons. The Labute approximate surface area is 134 Å². The molecule has 1 fully saturated rings. The summed E-state index contributed by atoms with van der Waals surface area (Å²) in [5.41, 5.74) is 0. The van der Waals surface area contributed by atoms with Crippen LogP contribution in [0.1, 0.15) is 18.9 Å². The van der Waals surface area contributed by atoms with Crippen LogP contribution in [0.25, 0.3) is 11.6 Å². The molecule has 23 heavy (non-hydrogen) atoms. The Bertz CT molecular complexity index is 632. The SMILES string of the molecule is COCC(=O)N1CCN([C@@H](C)c2nc(-c3ccco3)no2)CC1. The number of carbonyl (C=O) groups is 1. The lowest BCUT2D eigenvalue weighted by Crippen LogP contribution is -2.50. The number of amides is 1. The van der Waals surface area contributed by atoms with Crippen molar-refractivity contribution in [1.82, 2.24) is 19.9 Å². The first-order chi connectivity index (χ1) is 11.2. The average Bonchev–Trinajstić information content (AvgIpc) is 3.25. The summed E-state index contributed by atoms with van der Waals surface area (Å²) in [6.07, 6.45) is 1.57. The van der Waals surface area contributed by atoms with Crippen molar-refractivity contribution in [3.63, 3.8) is 0 Å². The fourth-order valence-electron chi connectivity index (χ4n) is 2.64. The summed E-state index contributed by atoms with van der Waals surface area (Å²) in [6.45, 7) is 5.01. The van der Waals surface area contributed by atoms with Gasteiger partial charge >= 0.3 is 0 Å². The van der Waals surface area contributed by atoms with Crippen LogP contribution in [0.5, 0.6) is 0 Å². The van der Waals surface area contributed by atoms with Crippen LogP contribution in [0.2, 0.25) is 0 Å². The second-order valence-electron chi connectivity index (χ2n) is 5.46. The van der Waals surface area contributed by atoms with E-state index in [0.717, 1.165) is 13.1 Å². The number of hydrogen-bond acceptors (Lipinski definition) is 7. The van der Waals surface area contributed by atoms with Crippen molar-refractivity contribution in [3.05, 3.63) is 24.3 Å². The second-order valence-corrected chi connectivity index (χ2v) is 5.46. The van der Waals surface area contributed by atoms with E-state index in [1.165, 1.54) is 7.11 Å². The summed E-state index contributed by atoms with van der Waals surface area (Å²) in [7, 11) is 1.53. The van der Waals surface area contributed by atoms with Crippen molar-refractivity contribution in [2.24, 2.45) is 0 Å². The van der Waals surface area contributed by atoms with Crippen LogP contribution in [0, 0.1) is 0 Å². The number of carbonyl (C=O) groups excluding carboxylic acids is 1. The summed E-state index contributed by atoms with van der Waals surface area (Å²) in [5, 5.41) is 3.95. The van der Waals surface area contributed by atoms with Gasteiger partial charge in [0.2, 0.25) is 17.6 Å². The zero-order chi connectivity index (χ0) is 16.2. The summed E-state index contributed by atoms with van der Waals surface area (Å²) in [6, 6.07) is 3.57. The molecule has 2 aromatic heterocycles. The third-order valence-corrected chi connectivity index (χ3v) is 4.02. The number of hydrogen-bond donors (Lipinski definition) is 0. The van der Waals surface area contributed by atoms with E-state index >= 15 is 0 Å². The van der Waals surface area contributed by atoms with Crippen molar-refractivity contribution >= 4 is 5.91 Å². The molecule has 0 spiro atoms. The summed E-state index contributed by atoms with van der Waals surface area (Å²) < 4.78 is 15.5. The lowest BCUT2D eigenvalue weighted by molar-refractivity contribution is -0.137.